The predicted molar refractivity (Wildman–Crippen MR) is 75.8 cm³/mol. The smallest absolute Gasteiger partial charge is 0.0964 e. The van der Waals surface area contributed by atoms with Gasteiger partial charge in [-0.2, -0.15) is 0 Å². The number of fused-ring (bicyclic) bond motifs is 1. The highest BCUT2D eigenvalue weighted by Crippen LogP contribution is 2.43. The number of thiophene rings is 1. The minimum absolute atomic E-state index is 0.125. The van der Waals surface area contributed by atoms with E-state index in [0.717, 1.165) is 0 Å². The molecule has 0 spiro atoms. The summed E-state index contributed by atoms with van der Waals surface area (Å²) in [5, 5.41) is 1.36. The summed E-state index contributed by atoms with van der Waals surface area (Å²) in [6.45, 7) is 8.88. The van der Waals surface area contributed by atoms with Gasteiger partial charge in [0, 0.05) is 16.7 Å². The van der Waals surface area contributed by atoms with Crippen LogP contribution in [0.1, 0.15) is 37.3 Å². The number of hydrogen-bond acceptors (Lipinski definition) is 2. The molecule has 0 bridgehead atoms. The number of methoxy groups -OCH3 is 1. The van der Waals surface area contributed by atoms with Crippen molar-refractivity contribution in [3.8, 4) is 0 Å². The molecule has 0 saturated carbocycles. The van der Waals surface area contributed by atoms with E-state index in [2.05, 4.69) is 52.0 Å². The zero-order valence-corrected chi connectivity index (χ0v) is 12.0. The Morgan fingerprint density at radius 1 is 1.18 bits per heavy atom. The summed E-state index contributed by atoms with van der Waals surface area (Å²) in [5.74, 6) is 0. The lowest BCUT2D eigenvalue weighted by molar-refractivity contribution is 0.0175. The standard InChI is InChI=1S/C15H20OS/c1-10-11-8-6-7-9-12(11)17-13(10)14(16-5)15(2,3)4/h6-9,14H,1-5H3. The lowest BCUT2D eigenvalue weighted by Gasteiger charge is -2.29. The van der Waals surface area contributed by atoms with Gasteiger partial charge in [-0.15, -0.1) is 11.3 Å². The maximum atomic E-state index is 5.72. The van der Waals surface area contributed by atoms with Gasteiger partial charge in [0.15, 0.2) is 0 Å². The van der Waals surface area contributed by atoms with Crippen LogP contribution in [0.2, 0.25) is 0 Å². The van der Waals surface area contributed by atoms with Crippen LogP contribution in [0.5, 0.6) is 0 Å². The molecule has 1 heterocycles. The number of aryl methyl sites for hydroxylation is 1. The van der Waals surface area contributed by atoms with E-state index in [-0.39, 0.29) is 11.5 Å². The van der Waals surface area contributed by atoms with Gasteiger partial charge in [-0.1, -0.05) is 39.0 Å². The molecule has 2 heteroatoms. The summed E-state index contributed by atoms with van der Waals surface area (Å²) in [6, 6.07) is 8.58. The van der Waals surface area contributed by atoms with Gasteiger partial charge in [0.05, 0.1) is 6.10 Å². The molecule has 0 amide bonds. The van der Waals surface area contributed by atoms with Crippen molar-refractivity contribution in [2.45, 2.75) is 33.8 Å². The van der Waals surface area contributed by atoms with Crippen LogP contribution in [-0.2, 0) is 4.74 Å². The summed E-state index contributed by atoms with van der Waals surface area (Å²) in [5.41, 5.74) is 1.49. The van der Waals surface area contributed by atoms with Crippen molar-refractivity contribution >= 4 is 21.4 Å². The molecule has 1 unspecified atom stereocenters. The summed E-state index contributed by atoms with van der Waals surface area (Å²) < 4.78 is 7.07. The Balaban J connectivity index is 2.58. The van der Waals surface area contributed by atoms with Gasteiger partial charge in [0.2, 0.25) is 0 Å². The van der Waals surface area contributed by atoms with Crippen molar-refractivity contribution in [3.63, 3.8) is 0 Å². The van der Waals surface area contributed by atoms with E-state index in [1.807, 2.05) is 11.3 Å². The van der Waals surface area contributed by atoms with Crippen LogP contribution in [0, 0.1) is 12.3 Å². The number of hydrogen-bond donors (Lipinski definition) is 0. The summed E-state index contributed by atoms with van der Waals surface area (Å²) in [4.78, 5) is 1.36. The fourth-order valence-corrected chi connectivity index (χ4v) is 3.83. The third-order valence-electron chi connectivity index (χ3n) is 3.14. The van der Waals surface area contributed by atoms with E-state index >= 15 is 0 Å². The van der Waals surface area contributed by atoms with Crippen LogP contribution >= 0.6 is 11.3 Å². The van der Waals surface area contributed by atoms with Gasteiger partial charge in [-0.05, 0) is 29.4 Å². The molecule has 1 atom stereocenters. The highest BCUT2D eigenvalue weighted by molar-refractivity contribution is 7.19. The highest BCUT2D eigenvalue weighted by Gasteiger charge is 2.29. The molecule has 0 aliphatic carbocycles. The lowest BCUT2D eigenvalue weighted by Crippen LogP contribution is -2.19. The van der Waals surface area contributed by atoms with Crippen molar-refractivity contribution in [2.75, 3.05) is 7.11 Å². The van der Waals surface area contributed by atoms with Crippen molar-refractivity contribution < 1.29 is 4.74 Å². The molecule has 0 fully saturated rings. The summed E-state index contributed by atoms with van der Waals surface area (Å²) >= 11 is 1.86. The van der Waals surface area contributed by atoms with E-state index in [9.17, 15) is 0 Å². The molecule has 2 aromatic rings. The molecule has 0 aliphatic heterocycles. The van der Waals surface area contributed by atoms with Crippen LogP contribution in [0.15, 0.2) is 24.3 Å². The quantitative estimate of drug-likeness (QED) is 0.731. The molecule has 1 nitrogen and oxygen atoms in total. The minimum Gasteiger partial charge on any atom is -0.375 e. The molecule has 17 heavy (non-hydrogen) atoms. The Hall–Kier alpha value is -0.860. The van der Waals surface area contributed by atoms with Crippen LogP contribution in [0.4, 0.5) is 0 Å². The molecule has 92 valence electrons. The Morgan fingerprint density at radius 2 is 1.82 bits per heavy atom. The van der Waals surface area contributed by atoms with Gasteiger partial charge in [0.1, 0.15) is 0 Å². The van der Waals surface area contributed by atoms with E-state index in [0.29, 0.717) is 0 Å². The van der Waals surface area contributed by atoms with E-state index in [1.54, 1.807) is 7.11 Å². The normalized spacial score (nSPS) is 14.2. The van der Waals surface area contributed by atoms with Gasteiger partial charge >= 0.3 is 0 Å². The molecular weight excluding hydrogens is 228 g/mol. The largest absolute Gasteiger partial charge is 0.375 e. The molecule has 1 aromatic heterocycles. The van der Waals surface area contributed by atoms with Crippen LogP contribution in [-0.4, -0.2) is 7.11 Å². The molecule has 1 aromatic carbocycles. The Kier molecular flexibility index (Phi) is 3.28. The maximum Gasteiger partial charge on any atom is 0.0964 e. The SMILES string of the molecule is COC(c1sc2ccccc2c1C)C(C)(C)C. The Bertz CT molecular complexity index is 519. The number of ether oxygens (including phenoxy) is 1. The van der Waals surface area contributed by atoms with Gasteiger partial charge in [0.25, 0.3) is 0 Å². The lowest BCUT2D eigenvalue weighted by atomic mass is 9.87. The fourth-order valence-electron chi connectivity index (χ4n) is 2.30. The summed E-state index contributed by atoms with van der Waals surface area (Å²) in [7, 11) is 1.81. The van der Waals surface area contributed by atoms with Crippen molar-refractivity contribution in [1.29, 1.82) is 0 Å². The van der Waals surface area contributed by atoms with Gasteiger partial charge in [-0.25, -0.2) is 0 Å². The highest BCUT2D eigenvalue weighted by atomic mass is 32.1. The molecule has 0 saturated heterocycles. The third-order valence-corrected chi connectivity index (χ3v) is 4.46. The van der Waals surface area contributed by atoms with Crippen LogP contribution in [0.25, 0.3) is 10.1 Å². The fraction of sp³-hybridized carbons (Fsp3) is 0.467. The van der Waals surface area contributed by atoms with Gasteiger partial charge in [-0.3, -0.25) is 0 Å². The second-order valence-electron chi connectivity index (χ2n) is 5.57. The van der Waals surface area contributed by atoms with E-state index in [4.69, 9.17) is 4.74 Å². The van der Waals surface area contributed by atoms with Crippen molar-refractivity contribution in [1.82, 2.24) is 0 Å². The third kappa shape index (κ3) is 2.24. The predicted octanol–water partition coefficient (Wildman–Crippen LogP) is 4.94. The first-order valence-corrected chi connectivity index (χ1v) is 6.77. The van der Waals surface area contributed by atoms with E-state index in [1.165, 1.54) is 20.5 Å². The monoisotopic (exact) mass is 248 g/mol. The zero-order valence-electron chi connectivity index (χ0n) is 11.2. The topological polar surface area (TPSA) is 9.23 Å². The second-order valence-corrected chi connectivity index (χ2v) is 6.65. The molecule has 2 rings (SSSR count). The summed E-state index contributed by atoms with van der Waals surface area (Å²) in [6.07, 6.45) is 0.167. The first-order chi connectivity index (χ1) is 7.95. The minimum atomic E-state index is 0.125. The molecule has 0 aliphatic rings. The van der Waals surface area contributed by atoms with Gasteiger partial charge < -0.3 is 4.74 Å². The average Bonchev–Trinajstić information content (AvgIpc) is 2.56. The Morgan fingerprint density at radius 3 is 2.35 bits per heavy atom. The van der Waals surface area contributed by atoms with Crippen LogP contribution < -0.4 is 0 Å². The van der Waals surface area contributed by atoms with Crippen LogP contribution in [0.3, 0.4) is 0 Å². The zero-order chi connectivity index (χ0) is 12.6. The number of rotatable bonds is 2. The Labute approximate surface area is 107 Å². The van der Waals surface area contributed by atoms with Crippen molar-refractivity contribution in [3.05, 3.63) is 34.7 Å². The second kappa shape index (κ2) is 4.43. The number of benzene rings is 1. The first-order valence-electron chi connectivity index (χ1n) is 5.96. The molecule has 0 N–H and O–H groups in total. The first kappa shape index (κ1) is 12.6. The van der Waals surface area contributed by atoms with E-state index < -0.39 is 0 Å². The molecule has 0 radical (unpaired) electrons. The van der Waals surface area contributed by atoms with Crippen molar-refractivity contribution in [2.24, 2.45) is 5.41 Å². The maximum absolute atomic E-state index is 5.72. The average molecular weight is 248 g/mol. The molecular formula is C15H20OS.